The summed E-state index contributed by atoms with van der Waals surface area (Å²) in [4.78, 5) is 21.8. The van der Waals surface area contributed by atoms with Crippen LogP contribution in [0.4, 0.5) is 0 Å². The SMILES string of the molecule is COC(=O)CCCCC(=O)OCC(O)CO. The Balaban J connectivity index is 3.40. The highest BCUT2D eigenvalue weighted by molar-refractivity contribution is 5.70. The van der Waals surface area contributed by atoms with Crippen molar-refractivity contribution < 1.29 is 29.3 Å². The monoisotopic (exact) mass is 234 g/mol. The van der Waals surface area contributed by atoms with Crippen molar-refractivity contribution in [2.24, 2.45) is 0 Å². The molecule has 6 heteroatoms. The molecule has 0 aromatic rings. The Labute approximate surface area is 94.2 Å². The highest BCUT2D eigenvalue weighted by Crippen LogP contribution is 2.02. The number of unbranched alkanes of at least 4 members (excludes halogenated alkanes) is 1. The van der Waals surface area contributed by atoms with Crippen LogP contribution < -0.4 is 0 Å². The Morgan fingerprint density at radius 2 is 1.75 bits per heavy atom. The number of hydrogen-bond donors (Lipinski definition) is 2. The molecule has 1 unspecified atom stereocenters. The Hall–Kier alpha value is -1.14. The van der Waals surface area contributed by atoms with Crippen LogP contribution in [0.1, 0.15) is 25.7 Å². The zero-order valence-corrected chi connectivity index (χ0v) is 9.35. The second kappa shape index (κ2) is 9.11. The van der Waals surface area contributed by atoms with Gasteiger partial charge in [-0.15, -0.1) is 0 Å². The minimum atomic E-state index is -1.03. The summed E-state index contributed by atoms with van der Waals surface area (Å²) in [5, 5.41) is 17.4. The lowest BCUT2D eigenvalue weighted by Crippen LogP contribution is -2.21. The molecule has 0 fully saturated rings. The van der Waals surface area contributed by atoms with E-state index in [1.165, 1.54) is 7.11 Å². The number of aliphatic hydroxyl groups is 2. The number of rotatable bonds is 8. The van der Waals surface area contributed by atoms with Crippen LogP contribution in [0, 0.1) is 0 Å². The molecular formula is C10H18O6. The summed E-state index contributed by atoms with van der Waals surface area (Å²) in [6, 6.07) is 0. The van der Waals surface area contributed by atoms with Crippen LogP contribution >= 0.6 is 0 Å². The van der Waals surface area contributed by atoms with Gasteiger partial charge in [0.2, 0.25) is 0 Å². The largest absolute Gasteiger partial charge is 0.469 e. The summed E-state index contributed by atoms with van der Waals surface area (Å²) in [6.07, 6.45) is 0.532. The smallest absolute Gasteiger partial charge is 0.305 e. The Bertz CT molecular complexity index is 215. The van der Waals surface area contributed by atoms with Crippen LogP contribution in [0.5, 0.6) is 0 Å². The number of carbonyl (C=O) groups excluding carboxylic acids is 2. The van der Waals surface area contributed by atoms with Gasteiger partial charge in [-0.05, 0) is 12.8 Å². The summed E-state index contributed by atoms with van der Waals surface area (Å²) in [6.45, 7) is -0.637. The van der Waals surface area contributed by atoms with Gasteiger partial charge in [-0.3, -0.25) is 9.59 Å². The van der Waals surface area contributed by atoms with Gasteiger partial charge in [-0.2, -0.15) is 0 Å². The van der Waals surface area contributed by atoms with Crippen molar-refractivity contribution in [3.63, 3.8) is 0 Å². The van der Waals surface area contributed by atoms with E-state index in [9.17, 15) is 9.59 Å². The van der Waals surface area contributed by atoms with Gasteiger partial charge >= 0.3 is 11.9 Å². The summed E-state index contributed by atoms with van der Waals surface area (Å²) in [5.41, 5.74) is 0. The zero-order valence-electron chi connectivity index (χ0n) is 9.35. The van der Waals surface area contributed by atoms with Crippen LogP contribution in [0.3, 0.4) is 0 Å². The number of ether oxygens (including phenoxy) is 2. The van der Waals surface area contributed by atoms with E-state index < -0.39 is 18.7 Å². The molecule has 0 saturated carbocycles. The van der Waals surface area contributed by atoms with E-state index in [0.717, 1.165) is 0 Å². The normalized spacial score (nSPS) is 11.9. The predicted octanol–water partition coefficient (Wildman–Crippen LogP) is -0.384. The minimum absolute atomic E-state index is 0.190. The highest BCUT2D eigenvalue weighted by atomic mass is 16.5. The van der Waals surface area contributed by atoms with Gasteiger partial charge in [0.05, 0.1) is 13.7 Å². The van der Waals surface area contributed by atoms with Crippen LogP contribution in [-0.4, -0.2) is 48.6 Å². The summed E-state index contributed by atoms with van der Waals surface area (Å²) in [7, 11) is 1.31. The van der Waals surface area contributed by atoms with E-state index in [1.54, 1.807) is 0 Å². The van der Waals surface area contributed by atoms with E-state index in [-0.39, 0.29) is 25.4 Å². The third-order valence-corrected chi connectivity index (χ3v) is 1.89. The molecular weight excluding hydrogens is 216 g/mol. The van der Waals surface area contributed by atoms with E-state index >= 15 is 0 Å². The minimum Gasteiger partial charge on any atom is -0.469 e. The first-order valence-electron chi connectivity index (χ1n) is 5.11. The van der Waals surface area contributed by atoms with Crippen LogP contribution in [-0.2, 0) is 19.1 Å². The third-order valence-electron chi connectivity index (χ3n) is 1.89. The number of hydrogen-bond acceptors (Lipinski definition) is 6. The maximum absolute atomic E-state index is 11.0. The Kier molecular flexibility index (Phi) is 8.46. The molecule has 0 saturated heterocycles. The van der Waals surface area contributed by atoms with Gasteiger partial charge in [0.1, 0.15) is 12.7 Å². The topological polar surface area (TPSA) is 93.1 Å². The fourth-order valence-electron chi connectivity index (χ4n) is 0.955. The molecule has 0 amide bonds. The second-order valence-electron chi connectivity index (χ2n) is 3.30. The first-order chi connectivity index (χ1) is 7.60. The van der Waals surface area contributed by atoms with Crippen molar-refractivity contribution in [1.82, 2.24) is 0 Å². The average molecular weight is 234 g/mol. The predicted molar refractivity (Wildman–Crippen MR) is 54.5 cm³/mol. The molecule has 0 aliphatic heterocycles. The lowest BCUT2D eigenvalue weighted by atomic mass is 10.2. The van der Waals surface area contributed by atoms with Gasteiger partial charge < -0.3 is 19.7 Å². The van der Waals surface area contributed by atoms with Gasteiger partial charge in [0.15, 0.2) is 0 Å². The van der Waals surface area contributed by atoms with Crippen LogP contribution in [0.15, 0.2) is 0 Å². The van der Waals surface area contributed by atoms with Gasteiger partial charge in [0.25, 0.3) is 0 Å². The van der Waals surface area contributed by atoms with Crippen LogP contribution in [0.2, 0.25) is 0 Å². The van der Waals surface area contributed by atoms with E-state index in [4.69, 9.17) is 10.2 Å². The Morgan fingerprint density at radius 3 is 2.25 bits per heavy atom. The first kappa shape index (κ1) is 14.9. The maximum Gasteiger partial charge on any atom is 0.305 e. The standard InChI is InChI=1S/C10H18O6/c1-15-9(13)4-2-3-5-10(14)16-7-8(12)6-11/h8,11-12H,2-7H2,1H3. The third kappa shape index (κ3) is 8.19. The maximum atomic E-state index is 11.0. The molecule has 2 N–H and O–H groups in total. The number of carbonyl (C=O) groups is 2. The first-order valence-corrected chi connectivity index (χ1v) is 5.11. The van der Waals surface area contributed by atoms with Crippen molar-refractivity contribution in [3.8, 4) is 0 Å². The molecule has 1 atom stereocenters. The molecule has 94 valence electrons. The quantitative estimate of drug-likeness (QED) is 0.439. The molecule has 0 heterocycles. The fraction of sp³-hybridized carbons (Fsp3) is 0.800. The van der Waals surface area contributed by atoms with Crippen molar-refractivity contribution in [2.75, 3.05) is 20.3 Å². The fourth-order valence-corrected chi connectivity index (χ4v) is 0.955. The molecule has 0 aliphatic rings. The van der Waals surface area contributed by atoms with Gasteiger partial charge in [0, 0.05) is 12.8 Å². The molecule has 0 spiro atoms. The lowest BCUT2D eigenvalue weighted by Gasteiger charge is -2.08. The van der Waals surface area contributed by atoms with Crippen molar-refractivity contribution >= 4 is 11.9 Å². The average Bonchev–Trinajstić information content (AvgIpc) is 2.31. The molecule has 16 heavy (non-hydrogen) atoms. The summed E-state index contributed by atoms with van der Waals surface area (Å²) >= 11 is 0. The van der Waals surface area contributed by atoms with Crippen molar-refractivity contribution in [2.45, 2.75) is 31.8 Å². The summed E-state index contributed by atoms with van der Waals surface area (Å²) < 4.78 is 9.10. The molecule has 0 aromatic carbocycles. The van der Waals surface area contributed by atoms with Crippen molar-refractivity contribution in [1.29, 1.82) is 0 Å². The Morgan fingerprint density at radius 1 is 1.19 bits per heavy atom. The van der Waals surface area contributed by atoms with E-state index in [2.05, 4.69) is 9.47 Å². The molecule has 6 nitrogen and oxygen atoms in total. The number of esters is 2. The van der Waals surface area contributed by atoms with E-state index in [1.807, 2.05) is 0 Å². The van der Waals surface area contributed by atoms with Crippen molar-refractivity contribution in [3.05, 3.63) is 0 Å². The highest BCUT2D eigenvalue weighted by Gasteiger charge is 2.08. The zero-order chi connectivity index (χ0) is 12.4. The number of aliphatic hydroxyl groups excluding tert-OH is 2. The van der Waals surface area contributed by atoms with Gasteiger partial charge in [-0.25, -0.2) is 0 Å². The molecule has 0 aliphatic carbocycles. The van der Waals surface area contributed by atoms with Gasteiger partial charge in [-0.1, -0.05) is 0 Å². The van der Waals surface area contributed by atoms with E-state index in [0.29, 0.717) is 12.8 Å². The second-order valence-corrected chi connectivity index (χ2v) is 3.30. The number of methoxy groups -OCH3 is 1. The van der Waals surface area contributed by atoms with Crippen LogP contribution in [0.25, 0.3) is 0 Å². The molecule has 0 bridgehead atoms. The lowest BCUT2D eigenvalue weighted by molar-refractivity contribution is -0.148. The molecule has 0 rings (SSSR count). The molecule has 0 radical (unpaired) electrons. The molecule has 0 aromatic heterocycles. The summed E-state index contributed by atoms with van der Waals surface area (Å²) in [5.74, 6) is -0.749.